The lowest BCUT2D eigenvalue weighted by molar-refractivity contribution is -0.143. The Kier molecular flexibility index (Phi) is 8.31. The summed E-state index contributed by atoms with van der Waals surface area (Å²) in [7, 11) is 0. The van der Waals surface area contributed by atoms with Crippen molar-refractivity contribution in [2.75, 3.05) is 32.7 Å². The number of nitrogens with two attached hydrogens (primary N) is 1. The number of alkyl halides is 3. The normalized spacial score (nSPS) is 15.2. The van der Waals surface area contributed by atoms with Gasteiger partial charge in [0.25, 0.3) is 5.91 Å². The van der Waals surface area contributed by atoms with E-state index in [1.807, 2.05) is 13.8 Å². The van der Waals surface area contributed by atoms with Crippen LogP contribution in [0.2, 0.25) is 0 Å². The van der Waals surface area contributed by atoms with Crippen LogP contribution in [-0.4, -0.2) is 54.3 Å². The molecule has 1 fully saturated rings. The molecule has 1 aliphatic heterocycles. The van der Waals surface area contributed by atoms with E-state index in [4.69, 9.17) is 5.73 Å². The second kappa shape index (κ2) is 9.60. The number of piperazine rings is 1. The molecule has 0 radical (unpaired) electrons. The van der Waals surface area contributed by atoms with E-state index >= 15 is 0 Å². The summed E-state index contributed by atoms with van der Waals surface area (Å²) in [5.41, 5.74) is 4.40. The SMILES string of the molecule is CCC(CC)(CN)C(=O)N1CCN(C(=O)c2cccc(C(F)(F)F)c2)CC1.Cl. The van der Waals surface area contributed by atoms with Crippen LogP contribution in [0.3, 0.4) is 0 Å². The average molecular weight is 422 g/mol. The minimum Gasteiger partial charge on any atom is -0.339 e. The monoisotopic (exact) mass is 421 g/mol. The van der Waals surface area contributed by atoms with Crippen molar-refractivity contribution in [3.63, 3.8) is 0 Å². The molecule has 1 heterocycles. The van der Waals surface area contributed by atoms with Crippen LogP contribution in [0.1, 0.15) is 42.6 Å². The van der Waals surface area contributed by atoms with Crippen molar-refractivity contribution in [2.45, 2.75) is 32.9 Å². The zero-order valence-electron chi connectivity index (χ0n) is 16.1. The molecule has 0 unspecified atom stereocenters. The Bertz CT molecular complexity index is 677. The van der Waals surface area contributed by atoms with Gasteiger partial charge >= 0.3 is 6.18 Å². The fraction of sp³-hybridized carbons (Fsp3) is 0.579. The predicted octanol–water partition coefficient (Wildman–Crippen LogP) is 3.18. The summed E-state index contributed by atoms with van der Waals surface area (Å²) in [6.45, 7) is 5.41. The maximum Gasteiger partial charge on any atom is 0.416 e. The third kappa shape index (κ3) is 4.97. The second-order valence-electron chi connectivity index (χ2n) is 6.85. The standard InChI is InChI=1S/C19H26F3N3O2.ClH/c1-3-18(4-2,13-23)17(27)25-10-8-24(9-11-25)16(26)14-6-5-7-15(12-14)19(20,21)22;/h5-7,12H,3-4,8-11,13,23H2,1-2H3;1H. The molecular formula is C19H27ClF3N3O2. The number of halogens is 4. The van der Waals surface area contributed by atoms with Gasteiger partial charge in [0.05, 0.1) is 11.0 Å². The molecule has 0 aromatic heterocycles. The molecular weight excluding hydrogens is 395 g/mol. The van der Waals surface area contributed by atoms with Crippen molar-refractivity contribution in [3.05, 3.63) is 35.4 Å². The molecule has 0 aliphatic carbocycles. The number of hydrogen-bond donors (Lipinski definition) is 1. The number of carbonyl (C=O) groups is 2. The summed E-state index contributed by atoms with van der Waals surface area (Å²) in [4.78, 5) is 28.6. The fourth-order valence-corrected chi connectivity index (χ4v) is 3.39. The lowest BCUT2D eigenvalue weighted by Crippen LogP contribution is -2.55. The number of rotatable bonds is 5. The highest BCUT2D eigenvalue weighted by Gasteiger charge is 2.38. The largest absolute Gasteiger partial charge is 0.416 e. The van der Waals surface area contributed by atoms with Crippen LogP contribution in [0.15, 0.2) is 24.3 Å². The van der Waals surface area contributed by atoms with Gasteiger partial charge in [-0.15, -0.1) is 12.4 Å². The van der Waals surface area contributed by atoms with Gasteiger partial charge < -0.3 is 15.5 Å². The van der Waals surface area contributed by atoms with Crippen molar-refractivity contribution in [1.29, 1.82) is 0 Å². The van der Waals surface area contributed by atoms with E-state index in [1.54, 1.807) is 4.90 Å². The summed E-state index contributed by atoms with van der Waals surface area (Å²) in [6.07, 6.45) is -3.21. The van der Waals surface area contributed by atoms with Crippen LogP contribution in [0, 0.1) is 5.41 Å². The highest BCUT2D eigenvalue weighted by Crippen LogP contribution is 2.30. The minimum absolute atomic E-state index is 0. The first-order valence-corrected chi connectivity index (χ1v) is 9.14. The van der Waals surface area contributed by atoms with Crippen LogP contribution in [0.4, 0.5) is 13.2 Å². The predicted molar refractivity (Wildman–Crippen MR) is 103 cm³/mol. The van der Waals surface area contributed by atoms with Gasteiger partial charge in [0.15, 0.2) is 0 Å². The number of carbonyl (C=O) groups excluding carboxylic acids is 2. The Morgan fingerprint density at radius 3 is 2.04 bits per heavy atom. The molecule has 158 valence electrons. The summed E-state index contributed by atoms with van der Waals surface area (Å²) in [5.74, 6) is -0.467. The molecule has 1 aromatic carbocycles. The highest BCUT2D eigenvalue weighted by molar-refractivity contribution is 5.94. The van der Waals surface area contributed by atoms with Crippen LogP contribution in [-0.2, 0) is 11.0 Å². The van der Waals surface area contributed by atoms with Gasteiger partial charge in [-0.1, -0.05) is 19.9 Å². The van der Waals surface area contributed by atoms with E-state index in [1.165, 1.54) is 17.0 Å². The van der Waals surface area contributed by atoms with Crippen LogP contribution in [0.5, 0.6) is 0 Å². The Labute approximate surface area is 169 Å². The summed E-state index contributed by atoms with van der Waals surface area (Å²) in [6, 6.07) is 4.42. The summed E-state index contributed by atoms with van der Waals surface area (Å²) in [5, 5.41) is 0. The van der Waals surface area contributed by atoms with E-state index in [-0.39, 0.29) is 43.5 Å². The number of benzene rings is 1. The van der Waals surface area contributed by atoms with Crippen molar-refractivity contribution in [2.24, 2.45) is 11.1 Å². The van der Waals surface area contributed by atoms with Gasteiger partial charge in [0.2, 0.25) is 5.91 Å². The molecule has 5 nitrogen and oxygen atoms in total. The van der Waals surface area contributed by atoms with Crippen LogP contribution >= 0.6 is 12.4 Å². The third-order valence-corrected chi connectivity index (χ3v) is 5.49. The molecule has 2 rings (SSSR count). The highest BCUT2D eigenvalue weighted by atomic mass is 35.5. The van der Waals surface area contributed by atoms with E-state index < -0.39 is 23.1 Å². The number of hydrogen-bond acceptors (Lipinski definition) is 3. The summed E-state index contributed by atoms with van der Waals surface area (Å²) < 4.78 is 38.5. The Morgan fingerprint density at radius 2 is 1.57 bits per heavy atom. The van der Waals surface area contributed by atoms with Crippen molar-refractivity contribution >= 4 is 24.2 Å². The van der Waals surface area contributed by atoms with Crippen molar-refractivity contribution < 1.29 is 22.8 Å². The molecule has 2 amide bonds. The van der Waals surface area contributed by atoms with Gasteiger partial charge in [-0.2, -0.15) is 13.2 Å². The molecule has 2 N–H and O–H groups in total. The smallest absolute Gasteiger partial charge is 0.339 e. The van der Waals surface area contributed by atoms with Crippen LogP contribution < -0.4 is 5.73 Å². The molecule has 0 bridgehead atoms. The van der Waals surface area contributed by atoms with Gasteiger partial charge in [-0.25, -0.2) is 0 Å². The van der Waals surface area contributed by atoms with Gasteiger partial charge in [0.1, 0.15) is 0 Å². The molecule has 1 aromatic rings. The quantitative estimate of drug-likeness (QED) is 0.794. The maximum atomic E-state index is 12.8. The Morgan fingerprint density at radius 1 is 1.04 bits per heavy atom. The van der Waals surface area contributed by atoms with Crippen molar-refractivity contribution in [1.82, 2.24) is 9.80 Å². The third-order valence-electron chi connectivity index (χ3n) is 5.49. The minimum atomic E-state index is -4.49. The molecule has 1 saturated heterocycles. The van der Waals surface area contributed by atoms with Crippen molar-refractivity contribution in [3.8, 4) is 0 Å². The molecule has 0 spiro atoms. The zero-order valence-corrected chi connectivity index (χ0v) is 16.9. The number of nitrogens with zero attached hydrogens (tertiary/aromatic N) is 2. The molecule has 0 saturated carbocycles. The van der Waals surface area contributed by atoms with E-state index in [2.05, 4.69) is 0 Å². The molecule has 28 heavy (non-hydrogen) atoms. The topological polar surface area (TPSA) is 66.6 Å². The lowest BCUT2D eigenvalue weighted by Gasteiger charge is -2.40. The fourth-order valence-electron chi connectivity index (χ4n) is 3.39. The first kappa shape index (κ1) is 24.2. The van der Waals surface area contributed by atoms with E-state index in [9.17, 15) is 22.8 Å². The molecule has 9 heteroatoms. The average Bonchev–Trinajstić information content (AvgIpc) is 2.68. The summed E-state index contributed by atoms with van der Waals surface area (Å²) >= 11 is 0. The van der Waals surface area contributed by atoms with Gasteiger partial charge in [-0.3, -0.25) is 9.59 Å². The number of amides is 2. The first-order valence-electron chi connectivity index (χ1n) is 9.14. The zero-order chi connectivity index (χ0) is 20.2. The molecule has 0 atom stereocenters. The first-order chi connectivity index (χ1) is 12.7. The maximum absolute atomic E-state index is 12.8. The van der Waals surface area contributed by atoms with E-state index in [0.717, 1.165) is 12.1 Å². The van der Waals surface area contributed by atoms with Crippen LogP contribution in [0.25, 0.3) is 0 Å². The second-order valence-corrected chi connectivity index (χ2v) is 6.85. The lowest BCUT2D eigenvalue weighted by atomic mass is 9.81. The van der Waals surface area contributed by atoms with Gasteiger partial charge in [0, 0.05) is 38.3 Å². The molecule has 1 aliphatic rings. The Balaban J connectivity index is 0.00000392. The van der Waals surface area contributed by atoms with Gasteiger partial charge in [-0.05, 0) is 31.0 Å². The van der Waals surface area contributed by atoms with E-state index in [0.29, 0.717) is 25.9 Å². The Hall–Kier alpha value is -1.80.